The number of hydrogen-bond acceptors (Lipinski definition) is 6. The highest BCUT2D eigenvalue weighted by Gasteiger charge is 2.17. The third-order valence-corrected chi connectivity index (χ3v) is 7.05. The maximum Gasteiger partial charge on any atom is 0.367 e. The third-order valence-electron chi connectivity index (χ3n) is 6.31. The smallest absolute Gasteiger partial charge is 0.367 e. The van der Waals surface area contributed by atoms with Gasteiger partial charge in [0.25, 0.3) is 0 Å². The number of benzene rings is 3. The van der Waals surface area contributed by atoms with Crippen LogP contribution in [0.4, 0.5) is 21.9 Å². The van der Waals surface area contributed by atoms with Gasteiger partial charge in [0.2, 0.25) is 5.52 Å². The van der Waals surface area contributed by atoms with Crippen LogP contribution >= 0.6 is 11.8 Å². The number of carbonyl (C=O) groups excluding carboxylic acids is 1. The van der Waals surface area contributed by atoms with E-state index in [9.17, 15) is 4.79 Å². The minimum absolute atomic E-state index is 0.231. The molecule has 0 atom stereocenters. The molecule has 0 amide bonds. The lowest BCUT2D eigenvalue weighted by Gasteiger charge is -2.20. The lowest BCUT2D eigenvalue weighted by atomic mass is 10.1. The highest BCUT2D eigenvalue weighted by molar-refractivity contribution is 8.13. The number of para-hydroxylation sites is 1. The van der Waals surface area contributed by atoms with Crippen molar-refractivity contribution in [3.8, 4) is 0 Å². The monoisotopic (exact) mass is 485 g/mol. The fraction of sp³-hybridized carbons (Fsp3) is 0.286. The molecule has 178 valence electrons. The molecular formula is C28H29N4O2S+. The first kappa shape index (κ1) is 23.3. The first-order valence-electron chi connectivity index (χ1n) is 12.1. The molecule has 0 unspecified atom stereocenters. The Morgan fingerprint density at radius 3 is 2.37 bits per heavy atom. The second-order valence-corrected chi connectivity index (χ2v) is 9.52. The van der Waals surface area contributed by atoms with Crippen LogP contribution in [0.3, 0.4) is 0 Å². The van der Waals surface area contributed by atoms with E-state index in [2.05, 4.69) is 68.2 Å². The van der Waals surface area contributed by atoms with Crippen molar-refractivity contribution in [3.63, 3.8) is 0 Å². The van der Waals surface area contributed by atoms with E-state index in [1.54, 1.807) is 0 Å². The summed E-state index contributed by atoms with van der Waals surface area (Å²) >= 11 is 1.20. The van der Waals surface area contributed by atoms with E-state index >= 15 is 0 Å². The van der Waals surface area contributed by atoms with Crippen molar-refractivity contribution in [2.45, 2.75) is 26.3 Å². The maximum atomic E-state index is 11.7. The summed E-state index contributed by atoms with van der Waals surface area (Å²) in [5.41, 5.74) is 4.03. The highest BCUT2D eigenvalue weighted by Crippen LogP contribution is 2.36. The van der Waals surface area contributed by atoms with Gasteiger partial charge < -0.3 is 9.64 Å². The number of thioether (sulfide) groups is 1. The molecule has 0 N–H and O–H groups in total. The quantitative estimate of drug-likeness (QED) is 0.158. The van der Waals surface area contributed by atoms with Gasteiger partial charge in [-0.1, -0.05) is 36.4 Å². The van der Waals surface area contributed by atoms with Crippen LogP contribution < -0.4 is 9.47 Å². The van der Waals surface area contributed by atoms with Crippen LogP contribution in [0.1, 0.15) is 19.8 Å². The number of aromatic nitrogens is 1. The van der Waals surface area contributed by atoms with Gasteiger partial charge in [-0.25, -0.2) is 4.79 Å². The molecule has 0 saturated carbocycles. The Balaban J connectivity index is 1.43. The average Bonchev–Trinajstić information content (AvgIpc) is 3.43. The average molecular weight is 486 g/mol. The zero-order chi connectivity index (χ0) is 24.0. The second kappa shape index (κ2) is 10.9. The van der Waals surface area contributed by atoms with Gasteiger partial charge in [0, 0.05) is 41.7 Å². The predicted octanol–water partition coefficient (Wildman–Crippen LogP) is 7.19. The largest absolute Gasteiger partial charge is 0.458 e. The van der Waals surface area contributed by atoms with Crippen molar-refractivity contribution in [2.24, 2.45) is 10.2 Å². The Morgan fingerprint density at radius 1 is 0.914 bits per heavy atom. The normalized spacial score (nSPS) is 13.8. The number of azo groups is 1. The van der Waals surface area contributed by atoms with Gasteiger partial charge in [0.15, 0.2) is 12.7 Å². The highest BCUT2D eigenvalue weighted by atomic mass is 32.2. The van der Waals surface area contributed by atoms with Crippen molar-refractivity contribution in [3.05, 3.63) is 72.9 Å². The van der Waals surface area contributed by atoms with E-state index in [0.29, 0.717) is 18.9 Å². The van der Waals surface area contributed by atoms with Gasteiger partial charge in [0.1, 0.15) is 5.69 Å². The minimum atomic E-state index is -0.231. The first-order valence-corrected chi connectivity index (χ1v) is 13.1. The minimum Gasteiger partial charge on any atom is -0.458 e. The van der Waals surface area contributed by atoms with Crippen LogP contribution in [-0.2, 0) is 11.3 Å². The van der Waals surface area contributed by atoms with Gasteiger partial charge in [-0.3, -0.25) is 0 Å². The molecule has 0 radical (unpaired) electrons. The van der Waals surface area contributed by atoms with Crippen LogP contribution in [0, 0.1) is 0 Å². The molecule has 5 rings (SSSR count). The van der Waals surface area contributed by atoms with Gasteiger partial charge in [-0.2, -0.15) is 4.57 Å². The summed E-state index contributed by atoms with van der Waals surface area (Å²) in [4.78, 5) is 14.1. The SMILES string of the molecule is CCOC(=O)SCC[n+]1ccc(N=Nc2ccc(N3CCCC3)c3ccccc23)c2ccccc21. The van der Waals surface area contributed by atoms with E-state index in [0.717, 1.165) is 40.8 Å². The summed E-state index contributed by atoms with van der Waals surface area (Å²) < 4.78 is 7.15. The van der Waals surface area contributed by atoms with Crippen molar-refractivity contribution in [2.75, 3.05) is 30.3 Å². The number of nitrogens with zero attached hydrogens (tertiary/aromatic N) is 4. The number of pyridine rings is 1. The van der Waals surface area contributed by atoms with Gasteiger partial charge >= 0.3 is 5.30 Å². The molecule has 1 aliphatic heterocycles. The van der Waals surface area contributed by atoms with Crippen molar-refractivity contribution < 1.29 is 14.1 Å². The summed E-state index contributed by atoms with van der Waals surface area (Å²) in [5.74, 6) is 0.643. The molecule has 1 aromatic heterocycles. The summed E-state index contributed by atoms with van der Waals surface area (Å²) in [6.07, 6.45) is 4.51. The standard InChI is InChI=1S/C28H29N4O2S/c1-2-34-28(33)35-20-19-32-18-15-25(23-11-5-6-12-26(23)32)30-29-24-13-14-27(31-16-7-8-17-31)22-10-4-3-9-21(22)24/h3-6,9-15,18H,2,7-8,16-17,19-20H2,1H3/q+1. The van der Waals surface area contributed by atoms with Gasteiger partial charge in [-0.05, 0) is 49.7 Å². The first-order chi connectivity index (χ1) is 17.2. The third kappa shape index (κ3) is 5.15. The van der Waals surface area contributed by atoms with Crippen LogP contribution in [0.25, 0.3) is 21.7 Å². The number of ether oxygens (including phenoxy) is 1. The molecule has 2 heterocycles. The lowest BCUT2D eigenvalue weighted by Crippen LogP contribution is -2.35. The molecule has 0 bridgehead atoms. The topological polar surface area (TPSA) is 58.1 Å². The van der Waals surface area contributed by atoms with Gasteiger partial charge in [0.05, 0.1) is 23.4 Å². The number of aryl methyl sites for hydroxylation is 1. The Labute approximate surface area is 209 Å². The zero-order valence-corrected chi connectivity index (χ0v) is 20.7. The predicted molar refractivity (Wildman–Crippen MR) is 143 cm³/mol. The Kier molecular flexibility index (Phi) is 7.23. The summed E-state index contributed by atoms with van der Waals surface area (Å²) in [6, 6.07) is 22.9. The number of fused-ring (bicyclic) bond motifs is 2. The van der Waals surface area contributed by atoms with Crippen molar-refractivity contribution in [1.82, 2.24) is 0 Å². The molecule has 1 fully saturated rings. The maximum absolute atomic E-state index is 11.7. The number of rotatable bonds is 7. The molecule has 35 heavy (non-hydrogen) atoms. The van der Waals surface area contributed by atoms with E-state index in [1.807, 2.05) is 31.3 Å². The number of carbonyl (C=O) groups is 1. The lowest BCUT2D eigenvalue weighted by molar-refractivity contribution is -0.666. The molecule has 7 heteroatoms. The van der Waals surface area contributed by atoms with Crippen LogP contribution in [0.2, 0.25) is 0 Å². The molecule has 3 aromatic carbocycles. The Morgan fingerprint density at radius 2 is 1.60 bits per heavy atom. The molecule has 6 nitrogen and oxygen atoms in total. The molecule has 0 aliphatic carbocycles. The summed E-state index contributed by atoms with van der Waals surface area (Å²) in [5, 5.41) is 12.5. The van der Waals surface area contributed by atoms with Crippen LogP contribution in [0.15, 0.2) is 83.2 Å². The molecule has 1 aliphatic rings. The van der Waals surface area contributed by atoms with E-state index in [4.69, 9.17) is 4.74 Å². The molecule has 0 spiro atoms. The summed E-state index contributed by atoms with van der Waals surface area (Å²) in [7, 11) is 0. The van der Waals surface area contributed by atoms with Crippen LogP contribution in [0.5, 0.6) is 0 Å². The summed E-state index contributed by atoms with van der Waals surface area (Å²) in [6.45, 7) is 5.14. The number of hydrogen-bond donors (Lipinski definition) is 0. The second-order valence-electron chi connectivity index (χ2n) is 8.49. The van der Waals surface area contributed by atoms with Crippen molar-refractivity contribution in [1.29, 1.82) is 0 Å². The van der Waals surface area contributed by atoms with Crippen LogP contribution in [-0.4, -0.2) is 30.8 Å². The van der Waals surface area contributed by atoms with E-state index in [1.165, 1.54) is 35.7 Å². The number of anilines is 1. The fourth-order valence-corrected chi connectivity index (χ4v) is 5.29. The molecule has 1 saturated heterocycles. The Bertz CT molecular complexity index is 1380. The fourth-order valence-electron chi connectivity index (χ4n) is 4.64. The Hall–Kier alpha value is -3.45. The van der Waals surface area contributed by atoms with Crippen molar-refractivity contribution >= 4 is 55.8 Å². The molecular weight excluding hydrogens is 456 g/mol. The van der Waals surface area contributed by atoms with E-state index < -0.39 is 0 Å². The van der Waals surface area contributed by atoms with Gasteiger partial charge in [-0.15, -0.1) is 10.2 Å². The van der Waals surface area contributed by atoms with E-state index in [-0.39, 0.29) is 5.30 Å². The zero-order valence-electron chi connectivity index (χ0n) is 19.9. The molecule has 4 aromatic rings.